The number of hydrogen-bond acceptors (Lipinski definition) is 8. The lowest BCUT2D eigenvalue weighted by Gasteiger charge is -2.16. The lowest BCUT2D eigenvalue weighted by molar-refractivity contribution is -0.0771. The van der Waals surface area contributed by atoms with E-state index in [1.54, 1.807) is 10.9 Å². The van der Waals surface area contributed by atoms with Gasteiger partial charge in [-0.15, -0.1) is 5.10 Å². The summed E-state index contributed by atoms with van der Waals surface area (Å²) in [5, 5.41) is 36.4. The van der Waals surface area contributed by atoms with Gasteiger partial charge in [0.1, 0.15) is 24.6 Å². The second-order valence-corrected chi connectivity index (χ2v) is 12.4. The number of nitrogens with zero attached hydrogens (tertiary/aromatic N) is 4. The van der Waals surface area contributed by atoms with E-state index in [4.69, 9.17) is 14.6 Å². The van der Waals surface area contributed by atoms with E-state index in [1.165, 1.54) is 32.3 Å². The van der Waals surface area contributed by atoms with Gasteiger partial charge in [-0.25, -0.2) is 9.48 Å². The number of nitrogens with one attached hydrogen (secondary N) is 1. The van der Waals surface area contributed by atoms with Crippen molar-refractivity contribution in [2.24, 2.45) is 0 Å². The first-order valence-electron chi connectivity index (χ1n) is 16.4. The molecule has 0 spiro atoms. The zero-order chi connectivity index (χ0) is 33.5. The van der Waals surface area contributed by atoms with Crippen molar-refractivity contribution >= 4 is 43.1 Å². The number of aromatic nitrogens is 5. The molecule has 2 aromatic heterocycles. The van der Waals surface area contributed by atoms with Crippen molar-refractivity contribution in [2.45, 2.75) is 50.8 Å². The molecule has 1 saturated heterocycles. The molecule has 0 bridgehead atoms. The van der Waals surface area contributed by atoms with E-state index in [2.05, 4.69) is 75.7 Å². The lowest BCUT2D eigenvalue weighted by Crippen LogP contribution is -2.33. The highest BCUT2D eigenvalue weighted by Crippen LogP contribution is 2.40. The minimum absolute atomic E-state index is 0.0800. The fraction of sp³-hybridized carbons (Fsp3) is 0.263. The Morgan fingerprint density at radius 2 is 1.57 bits per heavy atom. The molecule has 1 aliphatic rings. The summed E-state index contributed by atoms with van der Waals surface area (Å²) < 4.78 is 14.9. The van der Waals surface area contributed by atoms with Gasteiger partial charge in [-0.3, -0.25) is 14.3 Å². The molecule has 5 aromatic carbocycles. The largest absolute Gasteiger partial charge is 0.396 e. The second kappa shape index (κ2) is 12.9. The molecule has 8 rings (SSSR count). The zero-order valence-corrected chi connectivity index (χ0v) is 26.5. The quantitative estimate of drug-likeness (QED) is 0.0908. The van der Waals surface area contributed by atoms with Crippen LogP contribution in [0.4, 0.5) is 0 Å². The van der Waals surface area contributed by atoms with Gasteiger partial charge in [0, 0.05) is 24.8 Å². The Morgan fingerprint density at radius 3 is 2.35 bits per heavy atom. The van der Waals surface area contributed by atoms with Crippen LogP contribution in [0, 0.1) is 11.8 Å². The van der Waals surface area contributed by atoms with Crippen molar-refractivity contribution in [3.63, 3.8) is 0 Å². The molecule has 11 heteroatoms. The number of H-pyrrole nitrogens is 1. The number of fused-ring (bicyclic) bond motifs is 2. The van der Waals surface area contributed by atoms with E-state index in [1.807, 2.05) is 18.2 Å². The summed E-state index contributed by atoms with van der Waals surface area (Å²) in [7, 11) is 0. The van der Waals surface area contributed by atoms with Crippen LogP contribution in [0.5, 0.6) is 0 Å². The molecule has 0 aliphatic carbocycles. The summed E-state index contributed by atoms with van der Waals surface area (Å²) >= 11 is 0. The number of rotatable bonds is 9. The van der Waals surface area contributed by atoms with Crippen molar-refractivity contribution in [3.05, 3.63) is 117 Å². The van der Waals surface area contributed by atoms with Crippen LogP contribution in [0.3, 0.4) is 0 Å². The Bertz CT molecular complexity index is 2460. The van der Waals surface area contributed by atoms with Crippen LogP contribution >= 0.6 is 0 Å². The Morgan fingerprint density at radius 1 is 0.857 bits per heavy atom. The van der Waals surface area contributed by atoms with Crippen molar-refractivity contribution in [1.29, 1.82) is 0 Å². The first-order chi connectivity index (χ1) is 24.0. The zero-order valence-electron chi connectivity index (χ0n) is 26.5. The molecule has 0 saturated carbocycles. The Hall–Kier alpha value is -5.38. The van der Waals surface area contributed by atoms with Crippen LogP contribution in [0.25, 0.3) is 43.1 Å². The summed E-state index contributed by atoms with van der Waals surface area (Å²) in [5.41, 5.74) is 0.430. The van der Waals surface area contributed by atoms with E-state index in [0.29, 0.717) is 12.8 Å². The monoisotopic (exact) mass is 655 g/mol. The Kier molecular flexibility index (Phi) is 8.15. The number of aliphatic hydroxyl groups is 2. The second-order valence-electron chi connectivity index (χ2n) is 12.4. The first kappa shape index (κ1) is 30.9. The molecule has 246 valence electrons. The average Bonchev–Trinajstić information content (AvgIpc) is 3.76. The fourth-order valence-electron chi connectivity index (χ4n) is 6.99. The molecule has 3 atom stereocenters. The van der Waals surface area contributed by atoms with Crippen molar-refractivity contribution in [2.75, 3.05) is 13.2 Å². The summed E-state index contributed by atoms with van der Waals surface area (Å²) in [6.07, 6.45) is 3.60. The molecule has 1 fully saturated rings. The van der Waals surface area contributed by atoms with Gasteiger partial charge in [-0.05, 0) is 68.4 Å². The lowest BCUT2D eigenvalue weighted by atomic mass is 9.88. The van der Waals surface area contributed by atoms with Gasteiger partial charge in [0.05, 0.1) is 24.6 Å². The number of benzene rings is 5. The summed E-state index contributed by atoms with van der Waals surface area (Å²) in [4.78, 5) is 28.2. The maximum absolute atomic E-state index is 13.0. The minimum Gasteiger partial charge on any atom is -0.396 e. The van der Waals surface area contributed by atoms with Crippen LogP contribution in [-0.4, -0.2) is 60.2 Å². The van der Waals surface area contributed by atoms with E-state index in [9.17, 15) is 14.7 Å². The van der Waals surface area contributed by atoms with Crippen LogP contribution in [-0.2, 0) is 22.6 Å². The topological polar surface area (TPSA) is 144 Å². The van der Waals surface area contributed by atoms with E-state index in [0.717, 1.165) is 39.2 Å². The van der Waals surface area contributed by atoms with Gasteiger partial charge in [0.25, 0.3) is 5.56 Å². The third kappa shape index (κ3) is 5.64. The van der Waals surface area contributed by atoms with Gasteiger partial charge in [0.2, 0.25) is 0 Å². The molecule has 0 unspecified atom stereocenters. The molecule has 49 heavy (non-hydrogen) atoms. The molecular weight excluding hydrogens is 622 g/mol. The van der Waals surface area contributed by atoms with Gasteiger partial charge in [-0.2, -0.15) is 0 Å². The third-order valence-corrected chi connectivity index (χ3v) is 9.34. The molecule has 0 radical (unpaired) electrons. The number of aromatic amines is 1. The Balaban J connectivity index is 1.08. The smallest absolute Gasteiger partial charge is 0.330 e. The van der Waals surface area contributed by atoms with E-state index >= 15 is 0 Å². The predicted molar refractivity (Wildman–Crippen MR) is 185 cm³/mol. The van der Waals surface area contributed by atoms with Crippen molar-refractivity contribution in [3.8, 4) is 11.8 Å². The molecule has 11 nitrogen and oxygen atoms in total. The third-order valence-electron chi connectivity index (χ3n) is 9.34. The number of ether oxygens (including phenoxy) is 2. The number of aryl methyl sites for hydroxylation is 1. The molecule has 1 aliphatic heterocycles. The maximum atomic E-state index is 13.0. The summed E-state index contributed by atoms with van der Waals surface area (Å²) in [6.45, 7) is -0.106. The SMILES string of the molecule is O=c1[nH]c(=O)n([C@H]2C[C@H](OCn3cc(CCCCO)nn3)[C@@H](CO)O2)cc1C#Cc1ccc2c3cccc4cccc(c5cccc1c52)c43. The van der Waals surface area contributed by atoms with Crippen LogP contribution in [0.1, 0.15) is 42.3 Å². The van der Waals surface area contributed by atoms with Gasteiger partial charge in [-0.1, -0.05) is 77.7 Å². The number of aliphatic hydroxyl groups excluding tert-OH is 2. The standard InChI is InChI=1S/C38H33N5O6/c44-17-2-1-8-26-20-42(41-40-26)22-48-32-18-34(49-33(32)21-45)43-19-25(37(46)39-38(43)47)14-13-23-15-16-31-29-11-4-7-24-6-3-10-28(35(24)29)30-12-5-9-27(23)36(30)31/h3-7,9-12,15-16,19-20,32-34,44-45H,1-2,8,17-18,21-22H2,(H,39,46,47)/t32-,33+,34+/m0/s1. The highest BCUT2D eigenvalue weighted by molar-refractivity contribution is 6.33. The average molecular weight is 656 g/mol. The predicted octanol–water partition coefficient (Wildman–Crippen LogP) is 4.22. The summed E-state index contributed by atoms with van der Waals surface area (Å²) in [5.74, 6) is 6.21. The van der Waals surface area contributed by atoms with Gasteiger partial charge in [0.15, 0.2) is 0 Å². The number of hydrogen-bond donors (Lipinski definition) is 3. The molecule has 3 N–H and O–H groups in total. The Labute approximate surface area is 279 Å². The molecule has 7 aromatic rings. The van der Waals surface area contributed by atoms with Crippen molar-refractivity contribution < 1.29 is 19.7 Å². The maximum Gasteiger partial charge on any atom is 0.330 e. The van der Waals surface area contributed by atoms with Crippen LogP contribution < -0.4 is 11.2 Å². The van der Waals surface area contributed by atoms with Gasteiger partial charge >= 0.3 is 5.69 Å². The summed E-state index contributed by atoms with van der Waals surface area (Å²) in [6, 6.07) is 23.0. The minimum atomic E-state index is -0.792. The first-order valence-corrected chi connectivity index (χ1v) is 16.4. The van der Waals surface area contributed by atoms with E-state index in [-0.39, 0.29) is 31.9 Å². The highest BCUT2D eigenvalue weighted by Gasteiger charge is 2.37. The normalized spacial score (nSPS) is 17.8. The van der Waals surface area contributed by atoms with Crippen LogP contribution in [0.15, 0.2) is 88.7 Å². The molecule has 0 amide bonds. The van der Waals surface area contributed by atoms with Crippen LogP contribution in [0.2, 0.25) is 0 Å². The highest BCUT2D eigenvalue weighted by atomic mass is 16.6. The van der Waals surface area contributed by atoms with Gasteiger partial charge < -0.3 is 19.7 Å². The molecule has 3 heterocycles. The van der Waals surface area contributed by atoms with Crippen molar-refractivity contribution in [1.82, 2.24) is 24.5 Å². The number of unbranched alkanes of at least 4 members (excludes halogenated alkanes) is 1. The molecular formula is C38H33N5O6. The fourth-order valence-corrected chi connectivity index (χ4v) is 6.99. The van der Waals surface area contributed by atoms with E-state index < -0.39 is 29.7 Å².